The monoisotopic (exact) mass is 497 g/mol. The van der Waals surface area contributed by atoms with E-state index in [1.165, 1.54) is 23.5 Å². The fraction of sp³-hybridized carbons (Fsp3) is 0.167. The van der Waals surface area contributed by atoms with Gasteiger partial charge in [0.25, 0.3) is 5.91 Å². The van der Waals surface area contributed by atoms with Gasteiger partial charge in [-0.15, -0.1) is 11.3 Å². The molecule has 4 aromatic rings. The third-order valence-electron chi connectivity index (χ3n) is 5.12. The summed E-state index contributed by atoms with van der Waals surface area (Å²) in [7, 11) is 0. The molecule has 0 saturated carbocycles. The Kier molecular flexibility index (Phi) is 6.76. The molecule has 0 fully saturated rings. The number of benzene rings is 2. The molecule has 10 heteroatoms. The van der Waals surface area contributed by atoms with Crippen molar-refractivity contribution in [3.63, 3.8) is 0 Å². The summed E-state index contributed by atoms with van der Waals surface area (Å²) in [6.07, 6.45) is 0. The molecule has 0 aliphatic carbocycles. The minimum absolute atomic E-state index is 0.162. The van der Waals surface area contributed by atoms with Gasteiger partial charge in [-0.05, 0) is 57.2 Å². The first-order valence-electron chi connectivity index (χ1n) is 10.4. The Labute approximate surface area is 204 Å². The molecule has 34 heavy (non-hydrogen) atoms. The number of nitrogens with one attached hydrogen (secondary N) is 2. The molecule has 0 saturated heterocycles. The van der Waals surface area contributed by atoms with Crippen LogP contribution in [0.5, 0.6) is 0 Å². The Morgan fingerprint density at radius 3 is 2.56 bits per heavy atom. The van der Waals surface area contributed by atoms with Gasteiger partial charge in [0.2, 0.25) is 5.91 Å². The number of anilines is 2. The third kappa shape index (κ3) is 5.00. The SMILES string of the molecule is Cc1cc(C)n(C(C)C(=O)Nc2ccc(NC(=O)c3csc(-c4ccccc4F)n3)cc2Cl)n1. The van der Waals surface area contributed by atoms with E-state index >= 15 is 0 Å². The number of hydrogen-bond acceptors (Lipinski definition) is 5. The number of carbonyl (C=O) groups excluding carboxylic acids is 2. The van der Waals surface area contributed by atoms with Gasteiger partial charge in [0.15, 0.2) is 0 Å². The van der Waals surface area contributed by atoms with E-state index < -0.39 is 17.8 Å². The summed E-state index contributed by atoms with van der Waals surface area (Å²) >= 11 is 7.53. The van der Waals surface area contributed by atoms with Crippen LogP contribution in [0.25, 0.3) is 10.6 Å². The Morgan fingerprint density at radius 2 is 1.88 bits per heavy atom. The number of thiazole rings is 1. The Morgan fingerprint density at radius 1 is 1.12 bits per heavy atom. The zero-order chi connectivity index (χ0) is 24.4. The van der Waals surface area contributed by atoms with Crippen LogP contribution in [0.15, 0.2) is 53.9 Å². The molecular weight excluding hydrogens is 477 g/mol. The van der Waals surface area contributed by atoms with Crippen molar-refractivity contribution in [2.24, 2.45) is 0 Å². The van der Waals surface area contributed by atoms with Gasteiger partial charge in [-0.25, -0.2) is 9.37 Å². The van der Waals surface area contributed by atoms with E-state index in [1.54, 1.807) is 47.3 Å². The molecule has 174 valence electrons. The number of halogens is 2. The largest absolute Gasteiger partial charge is 0.323 e. The predicted octanol–water partition coefficient (Wildman–Crippen LogP) is 5.87. The van der Waals surface area contributed by atoms with E-state index in [4.69, 9.17) is 11.6 Å². The van der Waals surface area contributed by atoms with Crippen LogP contribution in [-0.2, 0) is 4.79 Å². The summed E-state index contributed by atoms with van der Waals surface area (Å²) in [6, 6.07) is 12.4. The van der Waals surface area contributed by atoms with Crippen molar-refractivity contribution in [2.45, 2.75) is 26.8 Å². The summed E-state index contributed by atoms with van der Waals surface area (Å²) in [4.78, 5) is 29.5. The van der Waals surface area contributed by atoms with Gasteiger partial charge in [0.05, 0.1) is 16.4 Å². The molecule has 0 radical (unpaired) electrons. The third-order valence-corrected chi connectivity index (χ3v) is 6.31. The fourth-order valence-electron chi connectivity index (χ4n) is 3.41. The summed E-state index contributed by atoms with van der Waals surface area (Å²) in [5.74, 6) is -1.13. The maximum Gasteiger partial charge on any atom is 0.275 e. The van der Waals surface area contributed by atoms with Crippen molar-refractivity contribution in [2.75, 3.05) is 10.6 Å². The first kappa shape index (κ1) is 23.6. The van der Waals surface area contributed by atoms with Crippen molar-refractivity contribution < 1.29 is 14.0 Å². The predicted molar refractivity (Wildman–Crippen MR) is 132 cm³/mol. The second kappa shape index (κ2) is 9.74. The number of aromatic nitrogens is 3. The highest BCUT2D eigenvalue weighted by atomic mass is 35.5. The van der Waals surface area contributed by atoms with Crippen LogP contribution in [-0.4, -0.2) is 26.6 Å². The molecule has 0 aliphatic rings. The van der Waals surface area contributed by atoms with Crippen LogP contribution in [0.4, 0.5) is 15.8 Å². The van der Waals surface area contributed by atoms with Crippen molar-refractivity contribution >= 4 is 46.1 Å². The number of rotatable bonds is 6. The molecule has 2 heterocycles. The molecule has 0 bridgehead atoms. The lowest BCUT2D eigenvalue weighted by molar-refractivity contribution is -0.119. The first-order valence-corrected chi connectivity index (χ1v) is 11.6. The van der Waals surface area contributed by atoms with Crippen LogP contribution in [0.3, 0.4) is 0 Å². The summed E-state index contributed by atoms with van der Waals surface area (Å²) in [6.45, 7) is 5.50. The minimum Gasteiger partial charge on any atom is -0.323 e. The van der Waals surface area contributed by atoms with Crippen molar-refractivity contribution in [1.82, 2.24) is 14.8 Å². The maximum atomic E-state index is 14.0. The van der Waals surface area contributed by atoms with Crippen LogP contribution in [0.2, 0.25) is 5.02 Å². The fourth-order valence-corrected chi connectivity index (χ4v) is 4.47. The molecular formula is C24H21ClFN5O2S. The quantitative estimate of drug-likeness (QED) is 0.349. The zero-order valence-electron chi connectivity index (χ0n) is 18.6. The van der Waals surface area contributed by atoms with E-state index in [-0.39, 0.29) is 16.6 Å². The zero-order valence-corrected chi connectivity index (χ0v) is 20.2. The van der Waals surface area contributed by atoms with Gasteiger partial charge >= 0.3 is 0 Å². The molecule has 2 N–H and O–H groups in total. The summed E-state index contributed by atoms with van der Waals surface area (Å²) in [5.41, 5.74) is 3.05. The first-order chi connectivity index (χ1) is 16.2. The number of amides is 2. The summed E-state index contributed by atoms with van der Waals surface area (Å²) < 4.78 is 15.6. The molecule has 1 unspecified atom stereocenters. The highest BCUT2D eigenvalue weighted by Crippen LogP contribution is 2.29. The number of nitrogens with zero attached hydrogens (tertiary/aromatic N) is 3. The van der Waals surface area contributed by atoms with E-state index in [0.29, 0.717) is 21.9 Å². The highest BCUT2D eigenvalue weighted by molar-refractivity contribution is 7.13. The van der Waals surface area contributed by atoms with Crippen LogP contribution in [0, 0.1) is 19.7 Å². The van der Waals surface area contributed by atoms with E-state index in [2.05, 4.69) is 20.7 Å². The van der Waals surface area contributed by atoms with Crippen molar-refractivity contribution in [3.8, 4) is 10.6 Å². The second-order valence-electron chi connectivity index (χ2n) is 7.70. The molecule has 1 atom stereocenters. The second-order valence-corrected chi connectivity index (χ2v) is 8.97. The van der Waals surface area contributed by atoms with E-state index in [0.717, 1.165) is 11.4 Å². The lowest BCUT2D eigenvalue weighted by Gasteiger charge is -2.15. The lowest BCUT2D eigenvalue weighted by Crippen LogP contribution is -2.25. The van der Waals surface area contributed by atoms with E-state index in [1.807, 2.05) is 19.9 Å². The standard InChI is InChI=1S/C24H21ClFN5O2S/c1-13-10-14(2)31(30-13)15(3)22(32)28-20-9-8-16(11-18(20)25)27-23(33)21-12-34-24(29-21)17-6-4-5-7-19(17)26/h4-12,15H,1-3H3,(H,27,33)(H,28,32). The van der Waals surface area contributed by atoms with Crippen LogP contribution < -0.4 is 10.6 Å². The maximum absolute atomic E-state index is 14.0. The van der Waals surface area contributed by atoms with Gasteiger partial charge in [0, 0.05) is 22.3 Å². The van der Waals surface area contributed by atoms with Crippen LogP contribution >= 0.6 is 22.9 Å². The van der Waals surface area contributed by atoms with Gasteiger partial charge in [0.1, 0.15) is 22.6 Å². The van der Waals surface area contributed by atoms with Crippen molar-refractivity contribution in [1.29, 1.82) is 0 Å². The van der Waals surface area contributed by atoms with E-state index in [9.17, 15) is 14.0 Å². The molecule has 2 amide bonds. The lowest BCUT2D eigenvalue weighted by atomic mass is 10.2. The Bertz CT molecular complexity index is 1380. The van der Waals surface area contributed by atoms with Gasteiger partial charge in [-0.3, -0.25) is 14.3 Å². The molecule has 0 spiro atoms. The average molecular weight is 498 g/mol. The molecule has 2 aromatic carbocycles. The average Bonchev–Trinajstić information content (AvgIpc) is 3.41. The Hall–Kier alpha value is -3.56. The molecule has 4 rings (SSSR count). The normalized spacial score (nSPS) is 11.8. The molecule has 7 nitrogen and oxygen atoms in total. The number of hydrogen-bond donors (Lipinski definition) is 2. The van der Waals surface area contributed by atoms with Crippen LogP contribution in [0.1, 0.15) is 34.8 Å². The highest BCUT2D eigenvalue weighted by Gasteiger charge is 2.19. The topological polar surface area (TPSA) is 88.9 Å². The smallest absolute Gasteiger partial charge is 0.275 e. The summed E-state index contributed by atoms with van der Waals surface area (Å²) in [5, 5.41) is 12.1. The molecule has 0 aliphatic heterocycles. The number of aryl methyl sites for hydroxylation is 2. The number of carbonyl (C=O) groups is 2. The Balaban J connectivity index is 1.43. The van der Waals surface area contributed by atoms with Gasteiger partial charge in [-0.2, -0.15) is 5.10 Å². The van der Waals surface area contributed by atoms with Crippen molar-refractivity contribution in [3.05, 3.63) is 81.8 Å². The molecule has 2 aromatic heterocycles. The van der Waals surface area contributed by atoms with Gasteiger partial charge < -0.3 is 10.6 Å². The van der Waals surface area contributed by atoms with Gasteiger partial charge in [-0.1, -0.05) is 23.7 Å². The minimum atomic E-state index is -0.530.